The number of carbonyl (C=O) groups excluding carboxylic acids is 1. The Hall–Kier alpha value is -1.14. The quantitative estimate of drug-likeness (QED) is 0.834. The number of pyridine rings is 1. The summed E-state index contributed by atoms with van der Waals surface area (Å²) in [6.45, 7) is 4.47. The number of hydrogen-bond donors (Lipinski definition) is 2. The molecule has 3 N–H and O–H groups in total. The van der Waals surface area contributed by atoms with E-state index in [0.29, 0.717) is 22.7 Å². The fraction of sp³-hybridized carbons (Fsp3) is 0.500. The number of ether oxygens (including phenoxy) is 1. The van der Waals surface area contributed by atoms with Crippen LogP contribution in [0.25, 0.3) is 0 Å². The first kappa shape index (κ1) is 13.3. The van der Waals surface area contributed by atoms with Gasteiger partial charge >= 0.3 is 0 Å². The number of nitrogens with two attached hydrogens (primary N) is 1. The van der Waals surface area contributed by atoms with Gasteiger partial charge in [0.05, 0.1) is 0 Å². The molecule has 98 valence electrons. The maximum atomic E-state index is 12.0. The van der Waals surface area contributed by atoms with E-state index in [1.807, 2.05) is 13.8 Å². The lowest BCUT2D eigenvalue weighted by Crippen LogP contribution is -2.47. The lowest BCUT2D eigenvalue weighted by atomic mass is 9.89. The van der Waals surface area contributed by atoms with E-state index in [-0.39, 0.29) is 17.7 Å². The minimum absolute atomic E-state index is 0.0122. The Morgan fingerprint density at radius 1 is 1.56 bits per heavy atom. The zero-order chi connectivity index (χ0) is 13.3. The lowest BCUT2D eigenvalue weighted by molar-refractivity contribution is -0.126. The third kappa shape index (κ3) is 2.49. The second-order valence-corrected chi connectivity index (χ2v) is 5.46. The summed E-state index contributed by atoms with van der Waals surface area (Å²) in [4.78, 5) is 16.2. The molecule has 1 amide bonds. The second-order valence-electron chi connectivity index (χ2n) is 4.65. The Morgan fingerprint density at radius 2 is 2.28 bits per heavy atom. The van der Waals surface area contributed by atoms with Gasteiger partial charge in [0.1, 0.15) is 4.60 Å². The molecule has 0 bridgehead atoms. The SMILES string of the molecule is CC(C)C(CN)C1Oc2ccc(Br)nc2NC1=O. The van der Waals surface area contributed by atoms with Crippen molar-refractivity contribution in [1.82, 2.24) is 4.98 Å². The fourth-order valence-corrected chi connectivity index (χ4v) is 2.32. The molecule has 0 aromatic carbocycles. The van der Waals surface area contributed by atoms with E-state index in [4.69, 9.17) is 10.5 Å². The number of amides is 1. The van der Waals surface area contributed by atoms with Gasteiger partial charge in [-0.15, -0.1) is 0 Å². The number of nitrogens with zero attached hydrogens (tertiary/aromatic N) is 1. The van der Waals surface area contributed by atoms with Gasteiger partial charge in [-0.3, -0.25) is 4.79 Å². The molecule has 18 heavy (non-hydrogen) atoms. The normalized spacial score (nSPS) is 20.1. The highest BCUT2D eigenvalue weighted by atomic mass is 79.9. The van der Waals surface area contributed by atoms with Crippen LogP contribution in [0.15, 0.2) is 16.7 Å². The maximum Gasteiger partial charge on any atom is 0.267 e. The van der Waals surface area contributed by atoms with Crippen molar-refractivity contribution >= 4 is 27.7 Å². The molecule has 2 atom stereocenters. The molecule has 0 radical (unpaired) electrons. The maximum absolute atomic E-state index is 12.0. The van der Waals surface area contributed by atoms with Gasteiger partial charge in [-0.2, -0.15) is 0 Å². The van der Waals surface area contributed by atoms with Gasteiger partial charge in [-0.05, 0) is 40.5 Å². The standard InChI is InChI=1S/C12H16BrN3O2/c1-6(2)7(5-14)10-12(17)16-11-8(18-10)3-4-9(13)15-11/h3-4,6-7,10H,5,14H2,1-2H3,(H,15,16,17). The Bertz CT molecular complexity index is 465. The summed E-state index contributed by atoms with van der Waals surface area (Å²) in [7, 11) is 0. The molecule has 2 unspecified atom stereocenters. The summed E-state index contributed by atoms with van der Waals surface area (Å²) in [6.07, 6.45) is -0.550. The van der Waals surface area contributed by atoms with Crippen LogP contribution in [-0.2, 0) is 4.79 Å². The van der Waals surface area contributed by atoms with Crippen LogP contribution in [0.4, 0.5) is 5.82 Å². The fourth-order valence-electron chi connectivity index (χ4n) is 2.01. The number of carbonyl (C=O) groups is 1. The molecule has 1 aliphatic rings. The molecule has 1 aromatic rings. The number of nitrogens with one attached hydrogen (secondary N) is 1. The molecular formula is C12H16BrN3O2. The molecule has 1 aliphatic heterocycles. The summed E-state index contributed by atoms with van der Waals surface area (Å²) >= 11 is 3.25. The minimum Gasteiger partial charge on any atom is -0.476 e. The predicted molar refractivity (Wildman–Crippen MR) is 72.4 cm³/mol. The number of halogens is 1. The number of anilines is 1. The van der Waals surface area contributed by atoms with Crippen LogP contribution in [0.2, 0.25) is 0 Å². The molecule has 0 aliphatic carbocycles. The lowest BCUT2D eigenvalue weighted by Gasteiger charge is -2.32. The van der Waals surface area contributed by atoms with Crippen molar-refractivity contribution < 1.29 is 9.53 Å². The Kier molecular flexibility index (Phi) is 3.87. The van der Waals surface area contributed by atoms with E-state index < -0.39 is 6.10 Å². The molecule has 0 spiro atoms. The van der Waals surface area contributed by atoms with Gasteiger partial charge in [0.2, 0.25) is 0 Å². The van der Waals surface area contributed by atoms with Gasteiger partial charge < -0.3 is 15.8 Å². The molecule has 0 saturated heterocycles. The van der Waals surface area contributed by atoms with Crippen LogP contribution in [-0.4, -0.2) is 23.5 Å². The average molecular weight is 314 g/mol. The summed E-state index contributed by atoms with van der Waals surface area (Å²) in [5.74, 6) is 1.11. The highest BCUT2D eigenvalue weighted by molar-refractivity contribution is 9.10. The van der Waals surface area contributed by atoms with E-state index in [9.17, 15) is 4.79 Å². The number of fused-ring (bicyclic) bond motifs is 1. The van der Waals surface area contributed by atoms with Gasteiger partial charge in [-0.1, -0.05) is 13.8 Å². The monoisotopic (exact) mass is 313 g/mol. The van der Waals surface area contributed by atoms with Crippen molar-refractivity contribution in [2.45, 2.75) is 20.0 Å². The first-order valence-electron chi connectivity index (χ1n) is 5.87. The largest absolute Gasteiger partial charge is 0.476 e. The van der Waals surface area contributed by atoms with Crippen molar-refractivity contribution in [3.63, 3.8) is 0 Å². The Labute approximate surface area is 114 Å². The smallest absolute Gasteiger partial charge is 0.267 e. The van der Waals surface area contributed by atoms with E-state index >= 15 is 0 Å². The second kappa shape index (κ2) is 5.24. The van der Waals surface area contributed by atoms with Crippen LogP contribution >= 0.6 is 15.9 Å². The third-order valence-electron chi connectivity index (χ3n) is 3.10. The Morgan fingerprint density at radius 3 is 2.89 bits per heavy atom. The summed E-state index contributed by atoms with van der Waals surface area (Å²) in [5, 5.41) is 2.76. The highest BCUT2D eigenvalue weighted by Crippen LogP contribution is 2.32. The van der Waals surface area contributed by atoms with Gasteiger partial charge in [-0.25, -0.2) is 4.98 Å². The molecule has 0 fully saturated rings. The van der Waals surface area contributed by atoms with Crippen LogP contribution in [0.1, 0.15) is 13.8 Å². The van der Waals surface area contributed by atoms with Crippen LogP contribution in [0.5, 0.6) is 5.75 Å². The summed E-state index contributed by atoms with van der Waals surface area (Å²) < 4.78 is 6.39. The first-order valence-corrected chi connectivity index (χ1v) is 6.66. The zero-order valence-electron chi connectivity index (χ0n) is 10.3. The van der Waals surface area contributed by atoms with Crippen LogP contribution in [0.3, 0.4) is 0 Å². The molecule has 6 heteroatoms. The average Bonchev–Trinajstić information content (AvgIpc) is 2.30. The third-order valence-corrected chi connectivity index (χ3v) is 3.54. The van der Waals surface area contributed by atoms with Crippen LogP contribution in [0, 0.1) is 11.8 Å². The zero-order valence-corrected chi connectivity index (χ0v) is 11.9. The Balaban J connectivity index is 2.28. The molecule has 5 nitrogen and oxygen atoms in total. The predicted octanol–water partition coefficient (Wildman–Crippen LogP) is 1.77. The van der Waals surface area contributed by atoms with E-state index in [2.05, 4.69) is 26.2 Å². The van der Waals surface area contributed by atoms with Crippen molar-refractivity contribution in [2.24, 2.45) is 17.6 Å². The van der Waals surface area contributed by atoms with Gasteiger partial charge in [0.25, 0.3) is 5.91 Å². The first-order chi connectivity index (χ1) is 8.52. The van der Waals surface area contributed by atoms with Crippen molar-refractivity contribution in [1.29, 1.82) is 0 Å². The van der Waals surface area contributed by atoms with Gasteiger partial charge in [0.15, 0.2) is 17.7 Å². The number of hydrogen-bond acceptors (Lipinski definition) is 4. The number of aromatic nitrogens is 1. The highest BCUT2D eigenvalue weighted by Gasteiger charge is 2.36. The number of rotatable bonds is 3. The molecule has 1 aromatic heterocycles. The minimum atomic E-state index is -0.550. The van der Waals surface area contributed by atoms with Crippen molar-refractivity contribution in [3.8, 4) is 5.75 Å². The van der Waals surface area contributed by atoms with Crippen molar-refractivity contribution in [3.05, 3.63) is 16.7 Å². The van der Waals surface area contributed by atoms with Crippen molar-refractivity contribution in [2.75, 3.05) is 11.9 Å². The van der Waals surface area contributed by atoms with E-state index in [1.54, 1.807) is 12.1 Å². The van der Waals surface area contributed by atoms with Crippen LogP contribution < -0.4 is 15.8 Å². The topological polar surface area (TPSA) is 77.2 Å². The molecule has 2 rings (SSSR count). The molecular weight excluding hydrogens is 298 g/mol. The van der Waals surface area contributed by atoms with Gasteiger partial charge in [0, 0.05) is 5.92 Å². The molecule has 2 heterocycles. The molecule has 0 saturated carbocycles. The van der Waals surface area contributed by atoms with E-state index in [0.717, 1.165) is 0 Å². The summed E-state index contributed by atoms with van der Waals surface area (Å²) in [6, 6.07) is 3.56. The summed E-state index contributed by atoms with van der Waals surface area (Å²) in [5.41, 5.74) is 5.73. The van der Waals surface area contributed by atoms with E-state index in [1.165, 1.54) is 0 Å².